The Kier molecular flexibility index (Phi) is 54.5. The molecule has 0 N–H and O–H groups in total. The molecule has 0 aliphatic carbocycles. The predicted octanol–water partition coefficient (Wildman–Crippen LogP) is 18.6. The summed E-state index contributed by atoms with van der Waals surface area (Å²) in [5, 5.41) is 0. The number of hydrogen-bond donors (Lipinski definition) is 0. The fourth-order valence-corrected chi connectivity index (χ4v) is 8.11. The van der Waals surface area contributed by atoms with Crippen molar-refractivity contribution in [3.63, 3.8) is 0 Å². The zero-order valence-electron chi connectivity index (χ0n) is 37.4. The van der Waals surface area contributed by atoms with Gasteiger partial charge in [0.05, 0.1) is 0 Å². The number of hydrogen-bond acceptors (Lipinski definition) is 0. The summed E-state index contributed by atoms with van der Waals surface area (Å²) >= 11 is 0. The van der Waals surface area contributed by atoms with E-state index in [9.17, 15) is 0 Å². The fraction of sp³-hybridized carbons (Fsp3) is 1.00. The lowest BCUT2D eigenvalue weighted by Gasteiger charge is -2.14. The first kappa shape index (κ1) is 53.2. The number of unbranched alkanes of at least 4 members (excludes halogenated alkanes) is 37. The largest absolute Gasteiger partial charge is 0.139 e. The van der Waals surface area contributed by atoms with Crippen molar-refractivity contribution in [2.45, 2.75) is 316 Å². The Bertz CT molecular complexity index is 479. The molecule has 2 heteroatoms. The molecule has 0 saturated heterocycles. The van der Waals surface area contributed by atoms with Crippen molar-refractivity contribution in [2.24, 2.45) is 0 Å². The normalized spacial score (nSPS) is 11.2. The van der Waals surface area contributed by atoms with Crippen LogP contribution in [0.5, 0.6) is 0 Å². The summed E-state index contributed by atoms with van der Waals surface area (Å²) in [5.41, 5.74) is 0. The van der Waals surface area contributed by atoms with E-state index in [-0.39, 0.29) is 0 Å². The zero-order chi connectivity index (χ0) is 37.4. The minimum Gasteiger partial charge on any atom is -0.0811 e. The van der Waals surface area contributed by atoms with E-state index in [2.05, 4.69) is 35.5 Å². The van der Waals surface area contributed by atoms with Gasteiger partial charge >= 0.3 is 0 Å². The smallest absolute Gasteiger partial charge is 0.0811 e. The van der Waals surface area contributed by atoms with Crippen molar-refractivity contribution in [1.29, 1.82) is 0 Å². The monoisotopic (exact) mass is 715 g/mol. The molecule has 0 aromatic heterocycles. The molecule has 0 amide bonds. The van der Waals surface area contributed by atoms with Gasteiger partial charge in [-0.15, -0.1) is 0 Å². The summed E-state index contributed by atoms with van der Waals surface area (Å²) in [6.07, 6.45) is 66.3. The van der Waals surface area contributed by atoms with Gasteiger partial charge in [-0.2, -0.15) is 0 Å². The molecule has 0 spiro atoms. The Balaban J connectivity index is 0. The predicted molar refractivity (Wildman–Crippen MR) is 246 cm³/mol. The van der Waals surface area contributed by atoms with Gasteiger partial charge in [-0.25, -0.2) is 0 Å². The van der Waals surface area contributed by atoms with Gasteiger partial charge in [0.25, 0.3) is 0 Å². The Morgan fingerprint density at radius 3 is 0.549 bits per heavy atom. The van der Waals surface area contributed by atoms with Gasteiger partial charge < -0.3 is 0 Å². The first-order chi connectivity index (χ1) is 25.3. The third-order valence-corrected chi connectivity index (χ3v) is 11.9. The summed E-state index contributed by atoms with van der Waals surface area (Å²) in [6.45, 7) is 10.3. The van der Waals surface area contributed by atoms with Gasteiger partial charge in [0.1, 0.15) is 14.6 Å². The van der Waals surface area contributed by atoms with Gasteiger partial charge in [-0.1, -0.05) is 316 Å². The summed E-state index contributed by atoms with van der Waals surface area (Å²) < 4.78 is 0. The van der Waals surface area contributed by atoms with Gasteiger partial charge in [0.15, 0.2) is 0 Å². The lowest BCUT2D eigenvalue weighted by molar-refractivity contribution is 0.554. The molecular formula is C49H104B2. The second kappa shape index (κ2) is 52.2. The van der Waals surface area contributed by atoms with E-state index in [0.29, 0.717) is 0 Å². The standard InChI is InChI=1S/C36H75B.C13H29B/c1-4-7-10-13-16-19-22-25-28-31-34-37(35-32-29-26-23-20-17-14-11-8-5-2)36-33-30-27-24-21-18-15-12-9-6-3;1-2-3-4-5-6-7-8-9-10-11-12-13-14/h4-36H2,1-3H3;2-14H2,1H3. The van der Waals surface area contributed by atoms with E-state index in [4.69, 9.17) is 0 Å². The third kappa shape index (κ3) is 52.3. The van der Waals surface area contributed by atoms with Crippen molar-refractivity contribution in [1.82, 2.24) is 0 Å². The van der Waals surface area contributed by atoms with E-state index in [1.54, 1.807) is 0 Å². The van der Waals surface area contributed by atoms with Crippen LogP contribution in [-0.4, -0.2) is 14.6 Å². The number of rotatable bonds is 44. The zero-order valence-corrected chi connectivity index (χ0v) is 37.4. The van der Waals surface area contributed by atoms with Gasteiger partial charge in [0, 0.05) is 0 Å². The van der Waals surface area contributed by atoms with Crippen LogP contribution in [0.1, 0.15) is 291 Å². The Morgan fingerprint density at radius 1 is 0.216 bits per heavy atom. The second-order valence-electron chi connectivity index (χ2n) is 17.3. The maximum atomic E-state index is 2.32. The molecule has 0 bridgehead atoms. The van der Waals surface area contributed by atoms with Crippen LogP contribution in [0.15, 0.2) is 0 Å². The lowest BCUT2D eigenvalue weighted by Crippen LogP contribution is -2.12. The van der Waals surface area contributed by atoms with Crippen molar-refractivity contribution < 1.29 is 0 Å². The van der Waals surface area contributed by atoms with E-state index in [0.717, 1.165) is 6.71 Å². The van der Waals surface area contributed by atoms with Gasteiger partial charge in [-0.05, 0) is 0 Å². The quantitative estimate of drug-likeness (QED) is 0.0435. The lowest BCUT2D eigenvalue weighted by atomic mass is 9.41. The highest BCUT2D eigenvalue weighted by Crippen LogP contribution is 2.21. The average Bonchev–Trinajstić information content (AvgIpc) is 3.14. The van der Waals surface area contributed by atoms with Crippen molar-refractivity contribution in [3.8, 4) is 0 Å². The minimum absolute atomic E-state index is 1.04. The average molecular weight is 715 g/mol. The van der Waals surface area contributed by atoms with E-state index < -0.39 is 0 Å². The SMILES string of the molecule is BCCCCCCCCCCCCC.CCCCCCCCCCCCB(CCCCCCCCCCCC)CCCCCCCCCCCC. The van der Waals surface area contributed by atoms with Crippen LogP contribution < -0.4 is 0 Å². The summed E-state index contributed by atoms with van der Waals surface area (Å²) in [4.78, 5) is 0. The molecule has 0 aromatic carbocycles. The minimum atomic E-state index is 1.04. The van der Waals surface area contributed by atoms with Crippen molar-refractivity contribution >= 4 is 14.6 Å². The Hall–Kier alpha value is 0.130. The van der Waals surface area contributed by atoms with Gasteiger partial charge in [-0.3, -0.25) is 0 Å². The molecular weight excluding hydrogens is 610 g/mol. The van der Waals surface area contributed by atoms with Crippen LogP contribution in [0.2, 0.25) is 25.3 Å². The molecule has 306 valence electrons. The first-order valence-corrected chi connectivity index (χ1v) is 25.3. The molecule has 0 atom stereocenters. The molecule has 0 unspecified atom stereocenters. The molecule has 0 saturated carbocycles. The highest BCUT2D eigenvalue weighted by atomic mass is 14.0. The molecule has 0 fully saturated rings. The second-order valence-corrected chi connectivity index (χ2v) is 17.3. The summed E-state index contributed by atoms with van der Waals surface area (Å²) in [7, 11) is 2.29. The highest BCUT2D eigenvalue weighted by molar-refractivity contribution is 6.58. The molecule has 0 heterocycles. The van der Waals surface area contributed by atoms with Crippen LogP contribution in [0.4, 0.5) is 0 Å². The molecule has 0 aliphatic rings. The third-order valence-electron chi connectivity index (χ3n) is 11.9. The fourth-order valence-electron chi connectivity index (χ4n) is 8.11. The molecule has 0 rings (SSSR count). The topological polar surface area (TPSA) is 0 Å². The first-order valence-electron chi connectivity index (χ1n) is 25.3. The van der Waals surface area contributed by atoms with Crippen LogP contribution in [-0.2, 0) is 0 Å². The molecule has 0 radical (unpaired) electrons. The van der Waals surface area contributed by atoms with E-state index in [1.807, 2.05) is 0 Å². The molecule has 51 heavy (non-hydrogen) atoms. The van der Waals surface area contributed by atoms with Crippen LogP contribution in [0.25, 0.3) is 0 Å². The van der Waals surface area contributed by atoms with Crippen LogP contribution >= 0.6 is 0 Å². The Morgan fingerprint density at radius 2 is 0.373 bits per heavy atom. The van der Waals surface area contributed by atoms with E-state index in [1.165, 1.54) is 289 Å². The molecule has 0 aliphatic heterocycles. The highest BCUT2D eigenvalue weighted by Gasteiger charge is 2.12. The van der Waals surface area contributed by atoms with Gasteiger partial charge in [0.2, 0.25) is 0 Å². The van der Waals surface area contributed by atoms with Crippen LogP contribution in [0.3, 0.4) is 0 Å². The molecule has 0 aromatic rings. The molecule has 0 nitrogen and oxygen atoms in total. The van der Waals surface area contributed by atoms with Crippen molar-refractivity contribution in [3.05, 3.63) is 0 Å². The Labute approximate surface area is 329 Å². The van der Waals surface area contributed by atoms with E-state index >= 15 is 0 Å². The maximum absolute atomic E-state index is 2.32. The van der Waals surface area contributed by atoms with Crippen LogP contribution in [0, 0.1) is 0 Å². The maximum Gasteiger partial charge on any atom is 0.139 e. The summed E-state index contributed by atoms with van der Waals surface area (Å²) in [6, 6.07) is 0. The summed E-state index contributed by atoms with van der Waals surface area (Å²) in [5.74, 6) is 0. The van der Waals surface area contributed by atoms with Crippen molar-refractivity contribution in [2.75, 3.05) is 0 Å².